The Balaban J connectivity index is 4.62. The van der Waals surface area contributed by atoms with Gasteiger partial charge in [-0.15, -0.1) is 0 Å². The Kier molecular flexibility index (Phi) is 7.71. The molecule has 0 aromatic heterocycles. The van der Waals surface area contributed by atoms with Crippen LogP contribution in [0.3, 0.4) is 0 Å². The summed E-state index contributed by atoms with van der Waals surface area (Å²) in [5.41, 5.74) is 4.90. The number of carbonyl (C=O) groups excluding carboxylic acids is 3. The molecule has 9 heteroatoms. The maximum Gasteiger partial charge on any atom is 0.326 e. The summed E-state index contributed by atoms with van der Waals surface area (Å²) < 4.78 is 0. The van der Waals surface area contributed by atoms with Gasteiger partial charge in [-0.3, -0.25) is 9.59 Å². The van der Waals surface area contributed by atoms with E-state index >= 15 is 0 Å². The van der Waals surface area contributed by atoms with E-state index < -0.39 is 30.4 Å². The number of hydrogen-bond donors (Lipinski definition) is 4. The maximum absolute atomic E-state index is 11.8. The van der Waals surface area contributed by atoms with Crippen LogP contribution >= 0.6 is 0 Å². The number of carboxylic acid groups (broad SMARTS) is 1. The van der Waals surface area contributed by atoms with Crippen LogP contribution in [0.2, 0.25) is 0 Å². The molecule has 0 unspecified atom stereocenters. The van der Waals surface area contributed by atoms with Crippen molar-refractivity contribution in [3.63, 3.8) is 0 Å². The van der Waals surface area contributed by atoms with E-state index in [2.05, 4.69) is 10.6 Å². The second-order valence-electron chi connectivity index (χ2n) is 3.98. The molecule has 0 aromatic rings. The third-order valence-electron chi connectivity index (χ3n) is 2.38. The molecule has 5 N–H and O–H groups in total. The summed E-state index contributed by atoms with van der Waals surface area (Å²) in [7, 11) is 0. The van der Waals surface area contributed by atoms with Crippen LogP contribution < -0.4 is 16.4 Å². The smallest absolute Gasteiger partial charge is 0.326 e. The first kappa shape index (κ1) is 17.7. The molecule has 0 aliphatic heterocycles. The fourth-order valence-electron chi connectivity index (χ4n) is 1.40. The third-order valence-corrected chi connectivity index (χ3v) is 2.38. The Morgan fingerprint density at radius 1 is 1.25 bits per heavy atom. The minimum absolute atomic E-state index is 0.195. The third kappa shape index (κ3) is 6.57. The number of amides is 4. The predicted octanol–water partition coefficient (Wildman–Crippen LogP) is -1.52. The SMILES string of the molecule is CCNC(=O)CN(CC)C(=O)N[C@@H](CC(N)=O)C(=O)O. The van der Waals surface area contributed by atoms with Crippen LogP contribution in [-0.2, 0) is 14.4 Å². The van der Waals surface area contributed by atoms with Gasteiger partial charge in [-0.05, 0) is 13.8 Å². The molecule has 0 saturated heterocycles. The van der Waals surface area contributed by atoms with Crippen LogP contribution in [0, 0.1) is 0 Å². The topological polar surface area (TPSA) is 142 Å². The van der Waals surface area contributed by atoms with Gasteiger partial charge in [0, 0.05) is 13.1 Å². The van der Waals surface area contributed by atoms with Crippen LogP contribution in [0.15, 0.2) is 0 Å². The molecule has 0 aliphatic rings. The molecule has 20 heavy (non-hydrogen) atoms. The molecule has 0 heterocycles. The standard InChI is InChI=1S/C11H20N4O5/c1-3-13-9(17)6-15(4-2)11(20)14-7(10(18)19)5-8(12)16/h7H,3-6H2,1-2H3,(H2,12,16)(H,13,17)(H,14,20)(H,18,19)/t7-/m0/s1. The molecule has 114 valence electrons. The minimum Gasteiger partial charge on any atom is -0.480 e. The molecule has 1 atom stereocenters. The highest BCUT2D eigenvalue weighted by molar-refractivity contribution is 5.89. The van der Waals surface area contributed by atoms with Crippen LogP contribution in [0.25, 0.3) is 0 Å². The largest absolute Gasteiger partial charge is 0.480 e. The van der Waals surface area contributed by atoms with Gasteiger partial charge in [0.2, 0.25) is 11.8 Å². The van der Waals surface area contributed by atoms with Gasteiger partial charge in [0.25, 0.3) is 0 Å². The number of carbonyl (C=O) groups is 4. The van der Waals surface area contributed by atoms with Gasteiger partial charge in [-0.1, -0.05) is 0 Å². The highest BCUT2D eigenvalue weighted by Crippen LogP contribution is 1.96. The number of urea groups is 1. The summed E-state index contributed by atoms with van der Waals surface area (Å²) in [4.78, 5) is 46.0. The Morgan fingerprint density at radius 2 is 1.85 bits per heavy atom. The number of rotatable bonds is 8. The number of aliphatic carboxylic acids is 1. The van der Waals surface area contributed by atoms with Gasteiger partial charge in [-0.2, -0.15) is 0 Å². The lowest BCUT2D eigenvalue weighted by molar-refractivity contribution is -0.140. The Bertz CT molecular complexity index is 385. The van der Waals surface area contributed by atoms with Crippen LogP contribution in [0.5, 0.6) is 0 Å². The van der Waals surface area contributed by atoms with Gasteiger partial charge in [0.1, 0.15) is 12.6 Å². The van der Waals surface area contributed by atoms with E-state index in [1.165, 1.54) is 0 Å². The number of nitrogens with two attached hydrogens (primary N) is 1. The zero-order valence-corrected chi connectivity index (χ0v) is 11.5. The van der Waals surface area contributed by atoms with Crippen molar-refractivity contribution in [1.82, 2.24) is 15.5 Å². The van der Waals surface area contributed by atoms with E-state index in [4.69, 9.17) is 10.8 Å². The van der Waals surface area contributed by atoms with Gasteiger partial charge >= 0.3 is 12.0 Å². The van der Waals surface area contributed by atoms with Gasteiger partial charge in [0.05, 0.1) is 6.42 Å². The number of likely N-dealkylation sites (N-methyl/N-ethyl adjacent to an activating group) is 2. The Labute approximate surface area is 116 Å². The summed E-state index contributed by atoms with van der Waals surface area (Å²) in [5.74, 6) is -2.57. The number of nitrogens with zero attached hydrogens (tertiary/aromatic N) is 1. The second kappa shape index (κ2) is 8.73. The van der Waals surface area contributed by atoms with Crippen molar-refractivity contribution in [2.75, 3.05) is 19.6 Å². The zero-order valence-electron chi connectivity index (χ0n) is 11.5. The highest BCUT2D eigenvalue weighted by Gasteiger charge is 2.25. The average molecular weight is 288 g/mol. The van der Waals surface area contributed by atoms with Crippen LogP contribution in [0.1, 0.15) is 20.3 Å². The molecular weight excluding hydrogens is 268 g/mol. The minimum atomic E-state index is -1.41. The first-order valence-corrected chi connectivity index (χ1v) is 6.15. The summed E-state index contributed by atoms with van der Waals surface area (Å²) in [6.45, 7) is 3.83. The first-order chi connectivity index (χ1) is 9.31. The van der Waals surface area contributed by atoms with E-state index in [1.807, 2.05) is 0 Å². The number of nitrogens with one attached hydrogen (secondary N) is 2. The number of hydrogen-bond acceptors (Lipinski definition) is 4. The molecular formula is C11H20N4O5. The monoisotopic (exact) mass is 288 g/mol. The molecule has 0 fully saturated rings. The first-order valence-electron chi connectivity index (χ1n) is 6.15. The summed E-state index contributed by atoms with van der Waals surface area (Å²) >= 11 is 0. The lowest BCUT2D eigenvalue weighted by atomic mass is 10.2. The molecule has 4 amide bonds. The highest BCUT2D eigenvalue weighted by atomic mass is 16.4. The fourth-order valence-corrected chi connectivity index (χ4v) is 1.40. The van der Waals surface area contributed by atoms with E-state index in [0.29, 0.717) is 6.54 Å². The molecule has 0 saturated carbocycles. The summed E-state index contributed by atoms with van der Waals surface area (Å²) in [6.07, 6.45) is -0.514. The lowest BCUT2D eigenvalue weighted by Crippen LogP contribution is -2.51. The molecule has 0 spiro atoms. The van der Waals surface area contributed by atoms with Crippen molar-refractivity contribution in [1.29, 1.82) is 0 Å². The Morgan fingerprint density at radius 3 is 2.25 bits per heavy atom. The molecule has 0 rings (SSSR count). The molecule has 0 bridgehead atoms. The molecule has 0 aliphatic carbocycles. The van der Waals surface area contributed by atoms with Gasteiger partial charge in [-0.25, -0.2) is 9.59 Å². The maximum atomic E-state index is 11.8. The normalized spacial score (nSPS) is 11.3. The van der Waals surface area contributed by atoms with Crippen LogP contribution in [0.4, 0.5) is 4.79 Å². The van der Waals surface area contributed by atoms with Crippen molar-refractivity contribution in [2.45, 2.75) is 26.3 Å². The molecule has 0 aromatic carbocycles. The molecule has 9 nitrogen and oxygen atoms in total. The summed E-state index contributed by atoms with van der Waals surface area (Å²) in [5, 5.41) is 13.5. The average Bonchev–Trinajstić information content (AvgIpc) is 2.34. The van der Waals surface area contributed by atoms with Gasteiger partial charge in [0.15, 0.2) is 0 Å². The lowest BCUT2D eigenvalue weighted by Gasteiger charge is -2.23. The van der Waals surface area contributed by atoms with Crippen LogP contribution in [-0.4, -0.2) is 59.5 Å². The van der Waals surface area contributed by atoms with Crippen molar-refractivity contribution < 1.29 is 24.3 Å². The summed E-state index contributed by atoms with van der Waals surface area (Å²) in [6, 6.07) is -2.16. The van der Waals surface area contributed by atoms with Crippen molar-refractivity contribution in [3.05, 3.63) is 0 Å². The van der Waals surface area contributed by atoms with Crippen molar-refractivity contribution in [2.24, 2.45) is 5.73 Å². The number of carboxylic acids is 1. The van der Waals surface area contributed by atoms with E-state index in [0.717, 1.165) is 4.90 Å². The van der Waals surface area contributed by atoms with E-state index in [1.54, 1.807) is 13.8 Å². The Hall–Kier alpha value is -2.32. The van der Waals surface area contributed by atoms with Gasteiger partial charge < -0.3 is 26.4 Å². The van der Waals surface area contributed by atoms with Crippen molar-refractivity contribution in [3.8, 4) is 0 Å². The van der Waals surface area contributed by atoms with E-state index in [-0.39, 0.29) is 19.0 Å². The van der Waals surface area contributed by atoms with E-state index in [9.17, 15) is 19.2 Å². The zero-order chi connectivity index (χ0) is 15.7. The molecule has 0 radical (unpaired) electrons. The number of primary amides is 1. The van der Waals surface area contributed by atoms with Crippen molar-refractivity contribution >= 4 is 23.8 Å². The fraction of sp³-hybridized carbons (Fsp3) is 0.636. The quantitative estimate of drug-likeness (QED) is 0.429. The second-order valence-corrected chi connectivity index (χ2v) is 3.98. The predicted molar refractivity (Wildman–Crippen MR) is 69.7 cm³/mol.